The zero-order chi connectivity index (χ0) is 13.7. The van der Waals surface area contributed by atoms with Gasteiger partial charge in [0.2, 0.25) is 0 Å². The van der Waals surface area contributed by atoms with Crippen LogP contribution in [0.4, 0.5) is 0 Å². The summed E-state index contributed by atoms with van der Waals surface area (Å²) in [5.74, 6) is -0.0849. The van der Waals surface area contributed by atoms with Crippen molar-refractivity contribution in [2.75, 3.05) is 33.4 Å². The molecule has 1 unspecified atom stereocenters. The first-order valence-corrected chi connectivity index (χ1v) is 6.37. The van der Waals surface area contributed by atoms with Gasteiger partial charge >= 0.3 is 5.97 Å². The molecular weight excluding hydrogens is 246 g/mol. The number of hydrogen-bond donors (Lipinski definition) is 1. The van der Waals surface area contributed by atoms with Crippen LogP contribution in [0.2, 0.25) is 0 Å². The number of likely N-dealkylation sites (N-methyl/N-ethyl adjacent to an activating group) is 1. The third-order valence-electron chi connectivity index (χ3n) is 3.06. The van der Waals surface area contributed by atoms with Crippen LogP contribution in [0.25, 0.3) is 0 Å². The fourth-order valence-electron chi connectivity index (χ4n) is 2.03. The molecule has 0 radical (unpaired) electrons. The van der Waals surface area contributed by atoms with Gasteiger partial charge in [-0.05, 0) is 24.7 Å². The molecule has 5 heteroatoms. The zero-order valence-corrected chi connectivity index (χ0v) is 11.0. The summed E-state index contributed by atoms with van der Waals surface area (Å²) in [6.45, 7) is 3.09. The largest absolute Gasteiger partial charge is 0.491 e. The molecule has 0 aliphatic carbocycles. The molecule has 2 rings (SSSR count). The number of carbonyl (C=O) groups is 1. The Balaban J connectivity index is 1.81. The van der Waals surface area contributed by atoms with Crippen LogP contribution in [0, 0.1) is 0 Å². The first-order valence-electron chi connectivity index (χ1n) is 6.37. The lowest BCUT2D eigenvalue weighted by molar-refractivity contribution is -0.136. The number of ether oxygens (including phenoxy) is 2. The molecule has 1 aromatic carbocycles. The Hall–Kier alpha value is -1.59. The molecule has 1 saturated heterocycles. The maximum absolute atomic E-state index is 10.6. The summed E-state index contributed by atoms with van der Waals surface area (Å²) in [5.41, 5.74) is 0.772. The number of rotatable bonds is 5. The van der Waals surface area contributed by atoms with E-state index in [0.29, 0.717) is 6.61 Å². The van der Waals surface area contributed by atoms with Crippen molar-refractivity contribution in [3.05, 3.63) is 29.8 Å². The first kappa shape index (κ1) is 13.8. The second kappa shape index (κ2) is 6.54. The maximum atomic E-state index is 10.6. The number of benzene rings is 1. The van der Waals surface area contributed by atoms with Gasteiger partial charge in [-0.25, -0.2) is 0 Å². The van der Waals surface area contributed by atoms with Gasteiger partial charge in [0, 0.05) is 13.1 Å². The molecule has 0 bridgehead atoms. The van der Waals surface area contributed by atoms with E-state index >= 15 is 0 Å². The van der Waals surface area contributed by atoms with E-state index in [1.165, 1.54) is 0 Å². The molecule has 1 aliphatic rings. The van der Waals surface area contributed by atoms with Crippen molar-refractivity contribution >= 4 is 5.97 Å². The van der Waals surface area contributed by atoms with Gasteiger partial charge < -0.3 is 19.5 Å². The van der Waals surface area contributed by atoms with E-state index in [1.54, 1.807) is 24.3 Å². The molecule has 1 atom stereocenters. The predicted octanol–water partition coefficient (Wildman–Crippen LogP) is 1.02. The summed E-state index contributed by atoms with van der Waals surface area (Å²) in [6.07, 6.45) is 0.133. The summed E-state index contributed by atoms with van der Waals surface area (Å²) in [7, 11) is 2.07. The van der Waals surface area contributed by atoms with E-state index in [2.05, 4.69) is 11.9 Å². The quantitative estimate of drug-likeness (QED) is 0.861. The van der Waals surface area contributed by atoms with Gasteiger partial charge in [0.15, 0.2) is 0 Å². The standard InChI is InChI=1S/C14H19NO4/c1-15-6-7-18-13(9-15)10-19-12-4-2-11(3-5-12)8-14(16)17/h2-5,13H,6-10H2,1H3,(H,16,17). The molecule has 0 spiro atoms. The van der Waals surface area contributed by atoms with Gasteiger partial charge in [0.1, 0.15) is 18.5 Å². The average molecular weight is 265 g/mol. The Kier molecular flexibility index (Phi) is 4.76. The fourth-order valence-corrected chi connectivity index (χ4v) is 2.03. The minimum Gasteiger partial charge on any atom is -0.491 e. The lowest BCUT2D eigenvalue weighted by Crippen LogP contribution is -2.42. The van der Waals surface area contributed by atoms with Gasteiger partial charge in [-0.2, -0.15) is 0 Å². The molecule has 1 fully saturated rings. The summed E-state index contributed by atoms with van der Waals surface area (Å²) < 4.78 is 11.3. The third kappa shape index (κ3) is 4.54. The van der Waals surface area contributed by atoms with Gasteiger partial charge in [-0.3, -0.25) is 4.79 Å². The molecule has 0 saturated carbocycles. The normalized spacial score (nSPS) is 20.2. The maximum Gasteiger partial charge on any atom is 0.307 e. The van der Waals surface area contributed by atoms with Crippen molar-refractivity contribution < 1.29 is 19.4 Å². The second-order valence-corrected chi connectivity index (χ2v) is 4.78. The Morgan fingerprint density at radius 3 is 2.84 bits per heavy atom. The number of aliphatic carboxylic acids is 1. The highest BCUT2D eigenvalue weighted by molar-refractivity contribution is 5.70. The number of carboxylic acids is 1. The highest BCUT2D eigenvalue weighted by Crippen LogP contribution is 2.14. The van der Waals surface area contributed by atoms with Crippen molar-refractivity contribution in [1.29, 1.82) is 0 Å². The molecule has 0 aromatic heterocycles. The number of carboxylic acid groups (broad SMARTS) is 1. The highest BCUT2D eigenvalue weighted by atomic mass is 16.5. The summed E-state index contributed by atoms with van der Waals surface area (Å²) in [4.78, 5) is 12.8. The molecule has 1 heterocycles. The summed E-state index contributed by atoms with van der Waals surface area (Å²) >= 11 is 0. The minimum atomic E-state index is -0.827. The van der Waals surface area contributed by atoms with Crippen molar-refractivity contribution in [2.45, 2.75) is 12.5 Å². The summed E-state index contributed by atoms with van der Waals surface area (Å²) in [6, 6.07) is 7.14. The van der Waals surface area contributed by atoms with Crippen LogP contribution >= 0.6 is 0 Å². The fraction of sp³-hybridized carbons (Fsp3) is 0.500. The smallest absolute Gasteiger partial charge is 0.307 e. The topological polar surface area (TPSA) is 59.0 Å². The number of morpholine rings is 1. The Bertz CT molecular complexity index is 418. The highest BCUT2D eigenvalue weighted by Gasteiger charge is 2.18. The molecule has 19 heavy (non-hydrogen) atoms. The second-order valence-electron chi connectivity index (χ2n) is 4.78. The lowest BCUT2D eigenvalue weighted by Gasteiger charge is -2.29. The SMILES string of the molecule is CN1CCOC(COc2ccc(CC(=O)O)cc2)C1. The van der Waals surface area contributed by atoms with Gasteiger partial charge in [-0.15, -0.1) is 0 Å². The molecule has 1 N–H and O–H groups in total. The Labute approximate surface area is 112 Å². The summed E-state index contributed by atoms with van der Waals surface area (Å²) in [5, 5.41) is 8.68. The van der Waals surface area contributed by atoms with Crippen molar-refractivity contribution in [2.24, 2.45) is 0 Å². The van der Waals surface area contributed by atoms with E-state index < -0.39 is 5.97 Å². The molecule has 1 aliphatic heterocycles. The van der Waals surface area contributed by atoms with E-state index in [1.807, 2.05) is 0 Å². The molecule has 0 amide bonds. The Morgan fingerprint density at radius 1 is 1.47 bits per heavy atom. The van der Waals surface area contributed by atoms with Crippen LogP contribution in [0.5, 0.6) is 5.75 Å². The third-order valence-corrected chi connectivity index (χ3v) is 3.06. The van der Waals surface area contributed by atoms with Crippen molar-refractivity contribution in [3.63, 3.8) is 0 Å². The van der Waals surface area contributed by atoms with Crippen LogP contribution in [0.1, 0.15) is 5.56 Å². The molecule has 1 aromatic rings. The van der Waals surface area contributed by atoms with E-state index in [0.717, 1.165) is 31.0 Å². The van der Waals surface area contributed by atoms with Gasteiger partial charge in [-0.1, -0.05) is 12.1 Å². The van der Waals surface area contributed by atoms with Crippen molar-refractivity contribution in [3.8, 4) is 5.75 Å². The van der Waals surface area contributed by atoms with Crippen LogP contribution in [-0.2, 0) is 16.0 Å². The monoisotopic (exact) mass is 265 g/mol. The van der Waals surface area contributed by atoms with Gasteiger partial charge in [0.05, 0.1) is 13.0 Å². The molecule has 104 valence electrons. The predicted molar refractivity (Wildman–Crippen MR) is 70.5 cm³/mol. The van der Waals surface area contributed by atoms with Crippen LogP contribution in [-0.4, -0.2) is 55.4 Å². The molecule has 5 nitrogen and oxygen atoms in total. The van der Waals surface area contributed by atoms with Crippen LogP contribution < -0.4 is 4.74 Å². The lowest BCUT2D eigenvalue weighted by atomic mass is 10.1. The average Bonchev–Trinajstić information content (AvgIpc) is 2.37. The number of nitrogens with zero attached hydrogens (tertiary/aromatic N) is 1. The van der Waals surface area contributed by atoms with Gasteiger partial charge in [0.25, 0.3) is 0 Å². The van der Waals surface area contributed by atoms with E-state index in [4.69, 9.17) is 14.6 Å². The Morgan fingerprint density at radius 2 is 2.21 bits per heavy atom. The van der Waals surface area contributed by atoms with E-state index in [-0.39, 0.29) is 12.5 Å². The van der Waals surface area contributed by atoms with Crippen LogP contribution in [0.15, 0.2) is 24.3 Å². The molecular formula is C14H19NO4. The van der Waals surface area contributed by atoms with Crippen molar-refractivity contribution in [1.82, 2.24) is 4.90 Å². The van der Waals surface area contributed by atoms with E-state index in [9.17, 15) is 4.79 Å². The van der Waals surface area contributed by atoms with Crippen LogP contribution in [0.3, 0.4) is 0 Å². The zero-order valence-electron chi connectivity index (χ0n) is 11.0. The minimum absolute atomic E-state index is 0.0385. The number of hydrogen-bond acceptors (Lipinski definition) is 4. The first-order chi connectivity index (χ1) is 9.13.